The number of aryl methyl sites for hydroxylation is 2. The van der Waals surface area contributed by atoms with Crippen molar-refractivity contribution < 1.29 is 0 Å². The Balaban J connectivity index is 0.000000510. The van der Waals surface area contributed by atoms with Crippen molar-refractivity contribution in [3.63, 3.8) is 0 Å². The van der Waals surface area contributed by atoms with Crippen molar-refractivity contribution in [3.8, 4) is 0 Å². The molecule has 112 valence electrons. The fourth-order valence-corrected chi connectivity index (χ4v) is 2.74. The molecule has 0 unspecified atom stereocenters. The van der Waals surface area contributed by atoms with Crippen molar-refractivity contribution in [2.75, 3.05) is 0 Å². The highest BCUT2D eigenvalue weighted by Gasteiger charge is 2.06. The van der Waals surface area contributed by atoms with Crippen LogP contribution in [0.5, 0.6) is 0 Å². The molecule has 0 saturated carbocycles. The van der Waals surface area contributed by atoms with Gasteiger partial charge in [0, 0.05) is 0 Å². The zero-order valence-electron chi connectivity index (χ0n) is 14.5. The summed E-state index contributed by atoms with van der Waals surface area (Å²) in [7, 11) is 0. The van der Waals surface area contributed by atoms with E-state index in [1.165, 1.54) is 37.9 Å². The number of hydrogen-bond donors (Lipinski definition) is 0. The highest BCUT2D eigenvalue weighted by Crippen LogP contribution is 2.29. The normalized spacial score (nSPS) is 10.9. The zero-order chi connectivity index (χ0) is 16.0. The molecule has 0 heterocycles. The molecule has 0 bridgehead atoms. The molecular weight excluding hydrogens is 252 g/mol. The van der Waals surface area contributed by atoms with Gasteiger partial charge < -0.3 is 0 Å². The smallest absolute Gasteiger partial charge is 0.00276 e. The molecule has 3 rings (SSSR count). The topological polar surface area (TPSA) is 0 Å². The fraction of sp³-hybridized carbons (Fsp3) is 0.333. The van der Waals surface area contributed by atoms with Crippen molar-refractivity contribution in [1.82, 2.24) is 0 Å². The van der Waals surface area contributed by atoms with E-state index in [0.29, 0.717) is 0 Å². The summed E-state index contributed by atoms with van der Waals surface area (Å²) < 4.78 is 0. The van der Waals surface area contributed by atoms with E-state index in [1.54, 1.807) is 0 Å². The summed E-state index contributed by atoms with van der Waals surface area (Å²) in [6.45, 7) is 14.5. The molecule has 21 heavy (non-hydrogen) atoms. The van der Waals surface area contributed by atoms with Gasteiger partial charge in [0.15, 0.2) is 0 Å². The Morgan fingerprint density at radius 2 is 1.24 bits per heavy atom. The molecule has 0 aromatic heterocycles. The van der Waals surface area contributed by atoms with E-state index in [2.05, 4.69) is 63.2 Å². The maximum Gasteiger partial charge on any atom is -0.00276 e. The highest BCUT2D eigenvalue weighted by atomic mass is 14.1. The zero-order valence-corrected chi connectivity index (χ0v) is 14.5. The van der Waals surface area contributed by atoms with Gasteiger partial charge in [-0.2, -0.15) is 0 Å². The van der Waals surface area contributed by atoms with Gasteiger partial charge in [0.1, 0.15) is 0 Å². The monoisotopic (exact) mass is 280 g/mol. The molecule has 0 radical (unpaired) electrons. The van der Waals surface area contributed by atoms with Gasteiger partial charge in [-0.05, 0) is 58.7 Å². The van der Waals surface area contributed by atoms with Gasteiger partial charge in [-0.15, -0.1) is 0 Å². The summed E-state index contributed by atoms with van der Waals surface area (Å²) in [6, 6.07) is 13.4. The third-order valence-electron chi connectivity index (χ3n) is 3.68. The first-order valence-corrected chi connectivity index (χ1v) is 8.10. The predicted molar refractivity (Wildman–Crippen MR) is 99.0 cm³/mol. The summed E-state index contributed by atoms with van der Waals surface area (Å²) in [5.74, 6) is 0. The fourth-order valence-electron chi connectivity index (χ4n) is 2.74. The molecular formula is C21H28. The Kier molecular flexibility index (Phi) is 6.42. The Morgan fingerprint density at radius 3 is 1.86 bits per heavy atom. The minimum Gasteiger partial charge on any atom is -0.0798 e. The van der Waals surface area contributed by atoms with Gasteiger partial charge in [-0.3, -0.25) is 0 Å². The first-order chi connectivity index (χ1) is 10.2. The van der Waals surface area contributed by atoms with Crippen molar-refractivity contribution in [3.05, 3.63) is 52.7 Å². The molecule has 0 nitrogen and oxygen atoms in total. The second kappa shape index (κ2) is 7.83. The third-order valence-corrected chi connectivity index (χ3v) is 3.68. The van der Waals surface area contributed by atoms with Crippen LogP contribution in [0.15, 0.2) is 36.4 Å². The van der Waals surface area contributed by atoms with E-state index in [1.807, 2.05) is 27.7 Å². The first kappa shape index (κ1) is 17.2. The highest BCUT2D eigenvalue weighted by molar-refractivity contribution is 6.12. The molecule has 0 aliphatic carbocycles. The van der Waals surface area contributed by atoms with Crippen LogP contribution in [0.2, 0.25) is 0 Å². The van der Waals surface area contributed by atoms with Gasteiger partial charge in [-0.1, -0.05) is 70.2 Å². The predicted octanol–water partition coefficient (Wildman–Crippen LogP) is 6.18. The van der Waals surface area contributed by atoms with Crippen LogP contribution in [-0.4, -0.2) is 0 Å². The van der Waals surface area contributed by atoms with Gasteiger partial charge in [0.2, 0.25) is 0 Å². The third kappa shape index (κ3) is 3.10. The van der Waals surface area contributed by atoms with Crippen LogP contribution < -0.4 is 5.22 Å². The van der Waals surface area contributed by atoms with Gasteiger partial charge >= 0.3 is 0 Å². The number of benzene rings is 3. The van der Waals surface area contributed by atoms with E-state index in [9.17, 15) is 0 Å². The summed E-state index contributed by atoms with van der Waals surface area (Å²) in [5.41, 5.74) is 2.72. The van der Waals surface area contributed by atoms with Crippen molar-refractivity contribution in [2.24, 2.45) is 0 Å². The van der Waals surface area contributed by atoms with Crippen molar-refractivity contribution in [1.29, 1.82) is 0 Å². The minimum atomic E-state index is 1.34. The van der Waals surface area contributed by atoms with Gasteiger partial charge in [0.25, 0.3) is 0 Å². The summed E-state index contributed by atoms with van der Waals surface area (Å²) >= 11 is 0. The van der Waals surface area contributed by atoms with Crippen molar-refractivity contribution >= 4 is 27.6 Å². The van der Waals surface area contributed by atoms with Crippen LogP contribution in [0, 0.1) is 13.8 Å². The molecule has 0 spiro atoms. The summed E-state index contributed by atoms with van der Waals surface area (Å²) in [5, 5.41) is 6.89. The minimum absolute atomic E-state index is 1.34. The van der Waals surface area contributed by atoms with Crippen LogP contribution in [0.3, 0.4) is 0 Å². The Morgan fingerprint density at radius 1 is 0.667 bits per heavy atom. The maximum atomic E-state index is 2.25. The molecule has 0 fully saturated rings. The molecule has 0 saturated heterocycles. The molecule has 3 aromatic rings. The quantitative estimate of drug-likeness (QED) is 0.461. The lowest BCUT2D eigenvalue weighted by Crippen LogP contribution is -2.03. The molecule has 0 heteroatoms. The van der Waals surface area contributed by atoms with Gasteiger partial charge in [-0.25, -0.2) is 0 Å². The standard InChI is InChI=1S/C17H16.2C2H6/c1-4-13-8-9-14-7-5-11(2)15-10-6-12(3)16(13)17(14)15;2*1-2/h4-10H,1-3H3;2*1-2H3/b13-4-;;. The van der Waals surface area contributed by atoms with E-state index < -0.39 is 0 Å². The summed E-state index contributed by atoms with van der Waals surface area (Å²) in [4.78, 5) is 0. The van der Waals surface area contributed by atoms with Crippen LogP contribution in [-0.2, 0) is 0 Å². The van der Waals surface area contributed by atoms with E-state index in [-0.39, 0.29) is 0 Å². The lowest BCUT2D eigenvalue weighted by atomic mass is 9.93. The van der Waals surface area contributed by atoms with Crippen LogP contribution in [0.1, 0.15) is 45.7 Å². The second-order valence-electron chi connectivity index (χ2n) is 4.73. The Bertz CT molecular complexity index is 764. The van der Waals surface area contributed by atoms with Crippen LogP contribution >= 0.6 is 0 Å². The Hall–Kier alpha value is -1.82. The average molecular weight is 280 g/mol. The lowest BCUT2D eigenvalue weighted by molar-refractivity contribution is 1.49. The number of hydrogen-bond acceptors (Lipinski definition) is 0. The van der Waals surface area contributed by atoms with Crippen LogP contribution in [0.4, 0.5) is 0 Å². The summed E-state index contributed by atoms with van der Waals surface area (Å²) in [6.07, 6.45) is 2.20. The largest absolute Gasteiger partial charge is 0.0798 e. The number of rotatable bonds is 0. The van der Waals surface area contributed by atoms with E-state index in [4.69, 9.17) is 0 Å². The van der Waals surface area contributed by atoms with E-state index in [0.717, 1.165) is 0 Å². The molecule has 0 atom stereocenters. The Labute approximate surface area is 129 Å². The lowest BCUT2D eigenvalue weighted by Gasteiger charge is -2.11. The van der Waals surface area contributed by atoms with Gasteiger partial charge in [0.05, 0.1) is 0 Å². The molecule has 3 aromatic carbocycles. The molecule has 0 aliphatic rings. The molecule has 0 aliphatic heterocycles. The SMILES string of the molecule is C/C=c1/ccc2ccc(C)c3ccc(C)c1c23.CC.CC. The average Bonchev–Trinajstić information content (AvgIpc) is 2.56. The molecule has 0 amide bonds. The van der Waals surface area contributed by atoms with E-state index >= 15 is 0 Å². The second-order valence-corrected chi connectivity index (χ2v) is 4.73. The van der Waals surface area contributed by atoms with Crippen LogP contribution in [0.25, 0.3) is 27.6 Å². The first-order valence-electron chi connectivity index (χ1n) is 8.10. The van der Waals surface area contributed by atoms with Crippen molar-refractivity contribution in [2.45, 2.75) is 48.5 Å². The maximum absolute atomic E-state index is 2.25. The molecule has 0 N–H and O–H groups in total.